The summed E-state index contributed by atoms with van der Waals surface area (Å²) in [7, 11) is -0.697. The minimum Gasteiger partial charge on any atom is -0.606 e. The van der Waals surface area contributed by atoms with Gasteiger partial charge in [-0.1, -0.05) is 191 Å². The molecule has 2 atom stereocenters. The van der Waals surface area contributed by atoms with Gasteiger partial charge in [0.1, 0.15) is 12.2 Å². The molecule has 1 spiro atoms. The summed E-state index contributed by atoms with van der Waals surface area (Å²) >= 11 is 0. The molecule has 56 heavy (non-hydrogen) atoms. The predicted molar refractivity (Wildman–Crippen MR) is 238 cm³/mol. The molecule has 6 nitrogen and oxygen atoms in total. The molecule has 4 rings (SSSR count). The molecule has 2 unspecified atom stereocenters. The van der Waals surface area contributed by atoms with Crippen LogP contribution in [0.4, 0.5) is 0 Å². The fraction of sp³-hybridized carbons (Fsp3) is 0.708. The Bertz CT molecular complexity index is 1200. The summed E-state index contributed by atoms with van der Waals surface area (Å²) in [5.74, 6) is -1.28. The number of hydrogen-bond donors (Lipinski definition) is 0. The van der Waals surface area contributed by atoms with Gasteiger partial charge >= 0.3 is 6.96 Å². The normalized spacial score (nSPS) is 19.2. The molecule has 0 amide bonds. The maximum absolute atomic E-state index is 12.1. The Balaban J connectivity index is 0.000000316. The van der Waals surface area contributed by atoms with Gasteiger partial charge in [0.25, 0.3) is 11.9 Å². The average molecular weight is 795 g/mol. The van der Waals surface area contributed by atoms with Gasteiger partial charge in [-0.05, 0) is 62.5 Å². The molecular formula is C48H80BO6P. The molecule has 316 valence electrons. The van der Waals surface area contributed by atoms with Crippen LogP contribution in [0.1, 0.15) is 205 Å². The summed E-state index contributed by atoms with van der Waals surface area (Å²) in [5, 5.41) is 0. The fourth-order valence-electron chi connectivity index (χ4n) is 8.29. The standard InChI is InChI=1S/C32H68P.C16H12BO6/c1-5-9-13-17-18-19-20-21-22-23-24-28-32-33(29-25-14-10-6-2,30-26-15-11-7-3)31-27-16-12-8-4;18-15-13(11-7-3-1-4-8-11)20-17(22-15)21-14(16(19)23-17)12-9-5-2-6-10-12/h5-32H2,1-4H3;1-10,13-14H/q+1;-1. The molecule has 2 fully saturated rings. The van der Waals surface area contributed by atoms with Gasteiger partial charge in [-0.2, -0.15) is 0 Å². The molecule has 0 aliphatic carbocycles. The van der Waals surface area contributed by atoms with Crippen molar-refractivity contribution in [2.45, 2.75) is 194 Å². The van der Waals surface area contributed by atoms with Crippen LogP contribution in [0.15, 0.2) is 60.7 Å². The van der Waals surface area contributed by atoms with Crippen molar-refractivity contribution in [3.63, 3.8) is 0 Å². The third kappa shape index (κ3) is 18.2. The van der Waals surface area contributed by atoms with Crippen molar-refractivity contribution in [2.24, 2.45) is 0 Å². The van der Waals surface area contributed by atoms with E-state index in [4.69, 9.17) is 18.6 Å². The Morgan fingerprint density at radius 2 is 0.679 bits per heavy atom. The first-order chi connectivity index (χ1) is 27.4. The number of carbonyl (C=O) groups excluding carboxylic acids is 2. The Morgan fingerprint density at radius 3 is 0.982 bits per heavy atom. The smallest absolute Gasteiger partial charge is 0.606 e. The van der Waals surface area contributed by atoms with Crippen molar-refractivity contribution in [2.75, 3.05) is 24.6 Å². The largest absolute Gasteiger partial charge is 0.657 e. The molecule has 0 aromatic heterocycles. The van der Waals surface area contributed by atoms with E-state index in [0.29, 0.717) is 11.1 Å². The van der Waals surface area contributed by atoms with Crippen LogP contribution in [-0.4, -0.2) is 43.5 Å². The lowest BCUT2D eigenvalue weighted by Gasteiger charge is -2.28. The SMILES string of the molecule is CCCCCCCCCCCCCC[P+](CCCCCC)(CCCCCC)CCCCCC.O=C1O[B-]2(OC(=O)C(c3ccccc3)O2)OC1c1ccccc1. The zero-order chi connectivity index (χ0) is 40.2. The molecule has 2 aliphatic rings. The van der Waals surface area contributed by atoms with Crippen molar-refractivity contribution < 1.29 is 28.2 Å². The fourth-order valence-corrected chi connectivity index (χ4v) is 13.2. The zero-order valence-electron chi connectivity index (χ0n) is 36.2. The summed E-state index contributed by atoms with van der Waals surface area (Å²) in [4.78, 5) is 24.2. The van der Waals surface area contributed by atoms with Crippen molar-refractivity contribution in [1.82, 2.24) is 0 Å². The van der Waals surface area contributed by atoms with Crippen LogP contribution in [0, 0.1) is 0 Å². The lowest BCUT2D eigenvalue weighted by atomic mass is 10.1. The topological polar surface area (TPSA) is 71.1 Å². The van der Waals surface area contributed by atoms with Crippen LogP contribution in [0.25, 0.3) is 0 Å². The summed E-state index contributed by atoms with van der Waals surface area (Å²) in [6.45, 7) is 6.55. The van der Waals surface area contributed by atoms with E-state index in [9.17, 15) is 9.59 Å². The first kappa shape index (κ1) is 48.2. The van der Waals surface area contributed by atoms with Gasteiger partial charge in [0.05, 0.1) is 24.6 Å². The zero-order valence-corrected chi connectivity index (χ0v) is 37.1. The van der Waals surface area contributed by atoms with Crippen LogP contribution < -0.4 is 0 Å². The highest BCUT2D eigenvalue weighted by atomic mass is 31.2. The van der Waals surface area contributed by atoms with E-state index in [1.807, 2.05) is 12.1 Å². The van der Waals surface area contributed by atoms with Crippen molar-refractivity contribution >= 4 is 26.2 Å². The summed E-state index contributed by atoms with van der Waals surface area (Å²) in [6, 6.07) is 17.7. The van der Waals surface area contributed by atoms with Crippen LogP contribution in [0.3, 0.4) is 0 Å². The molecule has 2 heterocycles. The van der Waals surface area contributed by atoms with Crippen LogP contribution in [0.5, 0.6) is 0 Å². The van der Waals surface area contributed by atoms with Crippen LogP contribution in [0.2, 0.25) is 0 Å². The quantitative estimate of drug-likeness (QED) is 0.0446. The van der Waals surface area contributed by atoms with Crippen molar-refractivity contribution in [1.29, 1.82) is 0 Å². The number of rotatable bonds is 30. The minimum absolute atomic E-state index is 0.610. The van der Waals surface area contributed by atoms with E-state index in [-0.39, 0.29) is 0 Å². The third-order valence-corrected chi connectivity index (χ3v) is 16.8. The lowest BCUT2D eigenvalue weighted by molar-refractivity contribution is -0.138. The van der Waals surface area contributed by atoms with Gasteiger partial charge in [-0.15, -0.1) is 0 Å². The first-order valence-electron chi connectivity index (χ1n) is 23.3. The molecule has 0 radical (unpaired) electrons. The Labute approximate surface area is 343 Å². The van der Waals surface area contributed by atoms with Gasteiger partial charge in [0.15, 0.2) is 0 Å². The molecule has 0 N–H and O–H groups in total. The maximum Gasteiger partial charge on any atom is 0.657 e. The Kier molecular flexibility index (Phi) is 25.0. The van der Waals surface area contributed by atoms with E-state index in [2.05, 4.69) is 27.7 Å². The average Bonchev–Trinajstić information content (AvgIpc) is 3.73. The van der Waals surface area contributed by atoms with E-state index in [1.54, 1.807) is 98.9 Å². The molecule has 0 saturated carbocycles. The van der Waals surface area contributed by atoms with Crippen LogP contribution in [-0.2, 0) is 28.2 Å². The van der Waals surface area contributed by atoms with Gasteiger partial charge < -0.3 is 18.6 Å². The molecule has 0 bridgehead atoms. The minimum atomic E-state index is -2.87. The summed E-state index contributed by atoms with van der Waals surface area (Å²) in [5.41, 5.74) is 1.22. The number of unbranched alkanes of at least 4 members (excludes halogenated alkanes) is 20. The lowest BCUT2D eigenvalue weighted by Crippen LogP contribution is -2.39. The molecule has 2 aromatic rings. The molecule has 2 aliphatic heterocycles. The second-order valence-electron chi connectivity index (χ2n) is 16.6. The molecule has 8 heteroatoms. The third-order valence-electron chi connectivity index (χ3n) is 11.7. The van der Waals surface area contributed by atoms with Gasteiger partial charge in [-0.3, -0.25) is 9.59 Å². The van der Waals surface area contributed by atoms with Crippen molar-refractivity contribution in [3.8, 4) is 0 Å². The number of carbonyl (C=O) groups is 2. The monoisotopic (exact) mass is 795 g/mol. The highest BCUT2D eigenvalue weighted by Crippen LogP contribution is 2.61. The highest BCUT2D eigenvalue weighted by molar-refractivity contribution is 7.75. The first-order valence-corrected chi connectivity index (χ1v) is 25.8. The summed E-state index contributed by atoms with van der Waals surface area (Å²) in [6.07, 6.45) is 40.1. The summed E-state index contributed by atoms with van der Waals surface area (Å²) < 4.78 is 21.4. The van der Waals surface area contributed by atoms with Gasteiger partial charge in [-0.25, -0.2) is 0 Å². The second kappa shape index (κ2) is 29.1. The number of hydrogen-bond acceptors (Lipinski definition) is 6. The van der Waals surface area contributed by atoms with E-state index in [1.165, 1.54) is 128 Å². The second-order valence-corrected chi connectivity index (χ2v) is 21.1. The van der Waals surface area contributed by atoms with E-state index in [0.717, 1.165) is 0 Å². The van der Waals surface area contributed by atoms with E-state index < -0.39 is 38.4 Å². The van der Waals surface area contributed by atoms with Gasteiger partial charge in [0.2, 0.25) is 0 Å². The Morgan fingerprint density at radius 1 is 0.411 bits per heavy atom. The Hall–Kier alpha value is -2.21. The van der Waals surface area contributed by atoms with Crippen LogP contribution >= 0.6 is 7.26 Å². The van der Waals surface area contributed by atoms with Gasteiger partial charge in [0, 0.05) is 7.26 Å². The molecular weight excluding hydrogens is 714 g/mol. The van der Waals surface area contributed by atoms with Crippen molar-refractivity contribution in [3.05, 3.63) is 71.8 Å². The predicted octanol–water partition coefficient (Wildman–Crippen LogP) is 14.5. The molecule has 2 aromatic carbocycles. The maximum atomic E-state index is 12.1. The molecule has 2 saturated heterocycles. The van der Waals surface area contributed by atoms with E-state index >= 15 is 0 Å². The highest BCUT2D eigenvalue weighted by Gasteiger charge is 2.57. The number of benzene rings is 2.